The van der Waals surface area contributed by atoms with Crippen molar-refractivity contribution in [3.05, 3.63) is 6.08 Å². The maximum absolute atomic E-state index is 9.92. The predicted octanol–water partition coefficient (Wildman–Crippen LogP) is 2.73. The molecule has 0 aromatic rings. The Morgan fingerprint density at radius 1 is 1.43 bits per heavy atom. The van der Waals surface area contributed by atoms with E-state index in [-0.39, 0.29) is 0 Å². The van der Waals surface area contributed by atoms with E-state index >= 15 is 0 Å². The van der Waals surface area contributed by atoms with Gasteiger partial charge in [0.2, 0.25) is 0 Å². The minimum atomic E-state index is -0.539. The van der Waals surface area contributed by atoms with E-state index < -0.39 is 5.60 Å². The van der Waals surface area contributed by atoms with Gasteiger partial charge >= 0.3 is 0 Å². The van der Waals surface area contributed by atoms with Gasteiger partial charge in [0.25, 0.3) is 0 Å². The maximum atomic E-state index is 9.92. The minimum Gasteiger partial charge on any atom is -0.390 e. The van der Waals surface area contributed by atoms with Crippen LogP contribution in [-0.2, 0) is 4.79 Å². The molecule has 0 saturated heterocycles. The number of rotatable bonds is 7. The summed E-state index contributed by atoms with van der Waals surface area (Å²) in [5.74, 6) is 2.42. The molecule has 0 aromatic heterocycles. The Kier molecular flexibility index (Phi) is 6.52. The highest BCUT2D eigenvalue weighted by atomic mass is 16.3. The van der Waals surface area contributed by atoms with Gasteiger partial charge in [-0.2, -0.15) is 0 Å². The Labute approximate surface area is 87.0 Å². The molecule has 1 N–H and O–H groups in total. The van der Waals surface area contributed by atoms with Gasteiger partial charge in [-0.15, -0.1) is 0 Å². The second-order valence-corrected chi connectivity index (χ2v) is 4.71. The van der Waals surface area contributed by atoms with Gasteiger partial charge in [0.05, 0.1) is 5.60 Å². The normalized spacial score (nSPS) is 13.4. The first-order chi connectivity index (χ1) is 6.45. The molecule has 0 aliphatic heterocycles. The van der Waals surface area contributed by atoms with Gasteiger partial charge in [0.15, 0.2) is 0 Å². The fraction of sp³-hybridized carbons (Fsp3) is 0.833. The van der Waals surface area contributed by atoms with Crippen LogP contribution in [0.5, 0.6) is 0 Å². The van der Waals surface area contributed by atoms with Gasteiger partial charge in [-0.25, -0.2) is 4.79 Å². The second-order valence-electron chi connectivity index (χ2n) is 4.71. The molecule has 0 bridgehead atoms. The Morgan fingerprint density at radius 3 is 2.57 bits per heavy atom. The number of hydrogen-bond donors (Lipinski definition) is 1. The Morgan fingerprint density at radius 2 is 2.07 bits per heavy atom. The third-order valence-electron chi connectivity index (χ3n) is 2.37. The molecule has 1 atom stereocenters. The van der Waals surface area contributed by atoms with Crippen molar-refractivity contribution in [2.24, 2.45) is 5.92 Å². The molecule has 0 spiro atoms. The van der Waals surface area contributed by atoms with Gasteiger partial charge in [-0.3, -0.25) is 0 Å². The van der Waals surface area contributed by atoms with Crippen LogP contribution in [0.2, 0.25) is 0 Å². The zero-order chi connectivity index (χ0) is 11.0. The first-order valence-corrected chi connectivity index (χ1v) is 5.37. The largest absolute Gasteiger partial charge is 0.390 e. The van der Waals surface area contributed by atoms with E-state index in [1.807, 2.05) is 13.8 Å². The zero-order valence-electron chi connectivity index (χ0n) is 9.55. The summed E-state index contributed by atoms with van der Waals surface area (Å²) in [6.07, 6.45) is 6.44. The zero-order valence-corrected chi connectivity index (χ0v) is 9.55. The van der Waals surface area contributed by atoms with Gasteiger partial charge in [0, 0.05) is 0 Å². The summed E-state index contributed by atoms with van der Waals surface area (Å²) >= 11 is 0. The van der Waals surface area contributed by atoms with Crippen LogP contribution in [0.15, 0.2) is 6.08 Å². The summed E-state index contributed by atoms with van der Waals surface area (Å²) in [6, 6.07) is 0. The third-order valence-corrected chi connectivity index (χ3v) is 2.37. The van der Waals surface area contributed by atoms with Crippen molar-refractivity contribution in [3.63, 3.8) is 0 Å². The molecule has 0 amide bonds. The summed E-state index contributed by atoms with van der Waals surface area (Å²) in [5, 5.41) is 9.49. The molecule has 0 rings (SSSR count). The molecule has 0 heterocycles. The van der Waals surface area contributed by atoms with E-state index in [1.54, 1.807) is 12.0 Å². The van der Waals surface area contributed by atoms with Gasteiger partial charge < -0.3 is 5.11 Å². The summed E-state index contributed by atoms with van der Waals surface area (Å²) < 4.78 is 0. The van der Waals surface area contributed by atoms with Crippen molar-refractivity contribution >= 4 is 5.94 Å². The van der Waals surface area contributed by atoms with Gasteiger partial charge in [-0.05, 0) is 45.1 Å². The first-order valence-electron chi connectivity index (χ1n) is 5.37. The Bertz CT molecular complexity index is 185. The van der Waals surface area contributed by atoms with Crippen molar-refractivity contribution in [1.82, 2.24) is 0 Å². The molecule has 0 aromatic carbocycles. The number of hydrogen-bond acceptors (Lipinski definition) is 2. The molecule has 0 saturated carbocycles. The highest BCUT2D eigenvalue weighted by molar-refractivity contribution is 5.44. The maximum Gasteiger partial charge on any atom is 0.120 e. The van der Waals surface area contributed by atoms with Crippen LogP contribution in [0.3, 0.4) is 0 Å². The number of aliphatic hydroxyl groups is 1. The van der Waals surface area contributed by atoms with Gasteiger partial charge in [0.1, 0.15) is 5.94 Å². The van der Waals surface area contributed by atoms with Gasteiger partial charge in [-0.1, -0.05) is 19.8 Å². The molecule has 0 aliphatic rings. The van der Waals surface area contributed by atoms with Crippen molar-refractivity contribution in [2.75, 3.05) is 0 Å². The lowest BCUT2D eigenvalue weighted by Crippen LogP contribution is -2.18. The molecule has 0 radical (unpaired) electrons. The molecule has 0 aliphatic carbocycles. The predicted molar refractivity (Wildman–Crippen MR) is 58.8 cm³/mol. The third kappa shape index (κ3) is 9.50. The van der Waals surface area contributed by atoms with Crippen molar-refractivity contribution in [2.45, 2.75) is 58.5 Å². The van der Waals surface area contributed by atoms with Crippen LogP contribution in [0.4, 0.5) is 0 Å². The topological polar surface area (TPSA) is 37.3 Å². The van der Waals surface area contributed by atoms with Crippen molar-refractivity contribution < 1.29 is 9.90 Å². The summed E-state index contributed by atoms with van der Waals surface area (Å²) in [7, 11) is 0. The quantitative estimate of drug-likeness (QED) is 0.639. The van der Waals surface area contributed by atoms with Crippen LogP contribution in [0, 0.1) is 5.92 Å². The van der Waals surface area contributed by atoms with Crippen LogP contribution < -0.4 is 0 Å². The Balaban J connectivity index is 3.44. The van der Waals surface area contributed by atoms with Crippen molar-refractivity contribution in [1.29, 1.82) is 0 Å². The SMILES string of the molecule is CC(CCC=C=O)CCCC(C)(C)O. The lowest BCUT2D eigenvalue weighted by atomic mass is 9.94. The van der Waals surface area contributed by atoms with E-state index in [1.165, 1.54) is 0 Å². The first kappa shape index (κ1) is 13.4. The number of carbonyl (C=O) groups excluding carboxylic acids is 1. The molecular weight excluding hydrogens is 176 g/mol. The molecule has 0 fully saturated rings. The molecular formula is C12H22O2. The van der Waals surface area contributed by atoms with E-state index in [4.69, 9.17) is 0 Å². The van der Waals surface area contributed by atoms with E-state index in [2.05, 4.69) is 6.92 Å². The van der Waals surface area contributed by atoms with Crippen LogP contribution in [0.1, 0.15) is 52.9 Å². The lowest BCUT2D eigenvalue weighted by molar-refractivity contribution is 0.0669. The summed E-state index contributed by atoms with van der Waals surface area (Å²) in [6.45, 7) is 5.86. The smallest absolute Gasteiger partial charge is 0.120 e. The standard InChI is InChI=1S/C12H22O2/c1-11(7-4-5-10-13)8-6-9-12(2,3)14/h5,11,14H,4,6-9H2,1-3H3. The molecule has 1 unspecified atom stereocenters. The molecule has 82 valence electrons. The lowest BCUT2D eigenvalue weighted by Gasteiger charge is -2.18. The molecule has 14 heavy (non-hydrogen) atoms. The van der Waals surface area contributed by atoms with Crippen LogP contribution in [-0.4, -0.2) is 16.6 Å². The Hall–Kier alpha value is -0.590. The number of allylic oxidation sites excluding steroid dienone is 1. The fourth-order valence-electron chi connectivity index (χ4n) is 1.45. The van der Waals surface area contributed by atoms with E-state index in [0.29, 0.717) is 5.92 Å². The molecule has 2 nitrogen and oxygen atoms in total. The van der Waals surface area contributed by atoms with Crippen LogP contribution >= 0.6 is 0 Å². The highest BCUT2D eigenvalue weighted by Gasteiger charge is 2.12. The highest BCUT2D eigenvalue weighted by Crippen LogP contribution is 2.18. The fourth-order valence-corrected chi connectivity index (χ4v) is 1.45. The minimum absolute atomic E-state index is 0.539. The van der Waals surface area contributed by atoms with Crippen LogP contribution in [0.25, 0.3) is 0 Å². The molecule has 2 heteroatoms. The summed E-state index contributed by atoms with van der Waals surface area (Å²) in [5.41, 5.74) is -0.539. The van der Waals surface area contributed by atoms with E-state index in [9.17, 15) is 9.90 Å². The van der Waals surface area contributed by atoms with E-state index in [0.717, 1.165) is 32.1 Å². The van der Waals surface area contributed by atoms with Crippen molar-refractivity contribution in [3.8, 4) is 0 Å². The monoisotopic (exact) mass is 198 g/mol. The second kappa shape index (κ2) is 6.80. The average Bonchev–Trinajstić information content (AvgIpc) is 2.02. The summed E-state index contributed by atoms with van der Waals surface area (Å²) in [4.78, 5) is 9.92. The average molecular weight is 198 g/mol.